The number of hydrogen-bond acceptors (Lipinski definition) is 3. The molecule has 0 bridgehead atoms. The fourth-order valence-electron chi connectivity index (χ4n) is 6.18. The molecular weight excluding hydrogens is 298 g/mol. The van der Waals surface area contributed by atoms with Crippen LogP contribution in [0, 0.1) is 29.6 Å². The van der Waals surface area contributed by atoms with E-state index in [9.17, 15) is 4.79 Å². The zero-order valence-electron chi connectivity index (χ0n) is 15.2. The average Bonchev–Trinajstić information content (AvgIpc) is 2.86. The highest BCUT2D eigenvalue weighted by molar-refractivity contribution is 5.75. The van der Waals surface area contributed by atoms with Gasteiger partial charge in [0.15, 0.2) is 0 Å². The van der Waals surface area contributed by atoms with Crippen molar-refractivity contribution in [3.05, 3.63) is 12.2 Å². The minimum Gasteiger partial charge on any atom is -0.462 e. The molecule has 0 spiro atoms. The van der Waals surface area contributed by atoms with E-state index in [1.165, 1.54) is 44.9 Å². The van der Waals surface area contributed by atoms with Crippen molar-refractivity contribution in [1.29, 1.82) is 0 Å². The van der Waals surface area contributed by atoms with E-state index < -0.39 is 0 Å². The maximum Gasteiger partial charge on any atom is 0.309 e. The Balaban J connectivity index is 1.55. The number of hydrogen-bond donors (Lipinski definition) is 1. The fourth-order valence-corrected chi connectivity index (χ4v) is 6.18. The summed E-state index contributed by atoms with van der Waals surface area (Å²) in [6.07, 6.45) is 15.4. The first-order chi connectivity index (χ1) is 11.6. The number of esters is 1. The van der Waals surface area contributed by atoms with Crippen molar-refractivity contribution in [3.63, 3.8) is 0 Å². The third-order valence-corrected chi connectivity index (χ3v) is 7.29. The summed E-state index contributed by atoms with van der Waals surface area (Å²) in [5, 5.41) is 3.72. The third-order valence-electron chi connectivity index (χ3n) is 7.29. The number of piperidine rings is 1. The average molecular weight is 332 g/mol. The maximum absolute atomic E-state index is 12.3. The zero-order chi connectivity index (χ0) is 16.7. The van der Waals surface area contributed by atoms with E-state index in [4.69, 9.17) is 4.74 Å². The van der Waals surface area contributed by atoms with Gasteiger partial charge in [0.05, 0.1) is 5.92 Å². The van der Waals surface area contributed by atoms with Crippen molar-refractivity contribution in [2.75, 3.05) is 0 Å². The van der Waals surface area contributed by atoms with Crippen molar-refractivity contribution in [2.24, 2.45) is 29.6 Å². The molecule has 134 valence electrons. The Bertz CT molecular complexity index is 502. The highest BCUT2D eigenvalue weighted by Crippen LogP contribution is 2.53. The quantitative estimate of drug-likeness (QED) is 0.612. The van der Waals surface area contributed by atoms with Crippen LogP contribution in [0.2, 0.25) is 0 Å². The molecule has 2 heterocycles. The number of carbonyl (C=O) groups excluding carboxylic acids is 1. The van der Waals surface area contributed by atoms with Crippen LogP contribution in [0.5, 0.6) is 0 Å². The molecule has 2 saturated carbocycles. The van der Waals surface area contributed by atoms with Gasteiger partial charge in [0.1, 0.15) is 6.10 Å². The molecule has 2 aliphatic heterocycles. The summed E-state index contributed by atoms with van der Waals surface area (Å²) in [5.74, 6) is 2.70. The Morgan fingerprint density at radius 1 is 1.04 bits per heavy atom. The van der Waals surface area contributed by atoms with Gasteiger partial charge in [-0.2, -0.15) is 0 Å². The van der Waals surface area contributed by atoms with Crippen LogP contribution in [0.1, 0.15) is 65.2 Å². The Kier molecular flexibility index (Phi) is 4.73. The van der Waals surface area contributed by atoms with E-state index in [-0.39, 0.29) is 18.0 Å². The highest BCUT2D eigenvalue weighted by atomic mass is 16.6. The van der Waals surface area contributed by atoms with Crippen LogP contribution in [0.15, 0.2) is 12.2 Å². The lowest BCUT2D eigenvalue weighted by Crippen LogP contribution is -2.43. The van der Waals surface area contributed by atoms with Gasteiger partial charge in [0.2, 0.25) is 0 Å². The molecule has 3 nitrogen and oxygen atoms in total. The second-order valence-electron chi connectivity index (χ2n) is 8.84. The van der Waals surface area contributed by atoms with Crippen molar-refractivity contribution in [3.8, 4) is 0 Å². The summed E-state index contributed by atoms with van der Waals surface area (Å²) in [7, 11) is 0. The van der Waals surface area contributed by atoms with Gasteiger partial charge in [-0.05, 0) is 57.3 Å². The number of fused-ring (bicyclic) bond motifs is 2. The van der Waals surface area contributed by atoms with E-state index in [0.29, 0.717) is 23.9 Å². The van der Waals surface area contributed by atoms with Gasteiger partial charge < -0.3 is 10.1 Å². The molecule has 24 heavy (non-hydrogen) atoms. The van der Waals surface area contributed by atoms with E-state index in [0.717, 1.165) is 18.3 Å². The minimum absolute atomic E-state index is 0.0827. The summed E-state index contributed by atoms with van der Waals surface area (Å²) in [5.41, 5.74) is 0. The van der Waals surface area contributed by atoms with Crippen LogP contribution in [-0.4, -0.2) is 24.2 Å². The van der Waals surface area contributed by atoms with Crippen LogP contribution in [0.3, 0.4) is 0 Å². The zero-order valence-corrected chi connectivity index (χ0v) is 15.2. The molecule has 0 aromatic carbocycles. The van der Waals surface area contributed by atoms with Gasteiger partial charge in [-0.1, -0.05) is 37.8 Å². The molecule has 4 aliphatic rings. The lowest BCUT2D eigenvalue weighted by Gasteiger charge is -2.46. The predicted molar refractivity (Wildman–Crippen MR) is 95.5 cm³/mol. The summed E-state index contributed by atoms with van der Waals surface area (Å²) < 4.78 is 5.66. The number of rotatable bonds is 2. The molecule has 0 amide bonds. The monoisotopic (exact) mass is 331 g/mol. The molecule has 4 rings (SSSR count). The Morgan fingerprint density at radius 3 is 2.71 bits per heavy atom. The first-order valence-electron chi connectivity index (χ1n) is 10.3. The van der Waals surface area contributed by atoms with E-state index in [1.807, 2.05) is 0 Å². The van der Waals surface area contributed by atoms with Gasteiger partial charge in [-0.25, -0.2) is 0 Å². The number of carbonyl (C=O) groups is 1. The van der Waals surface area contributed by atoms with Crippen molar-refractivity contribution in [2.45, 2.75) is 83.4 Å². The third kappa shape index (κ3) is 3.05. The minimum atomic E-state index is 0.0827. The van der Waals surface area contributed by atoms with E-state index >= 15 is 0 Å². The van der Waals surface area contributed by atoms with Crippen LogP contribution in [0.4, 0.5) is 0 Å². The van der Waals surface area contributed by atoms with Gasteiger partial charge in [-0.15, -0.1) is 0 Å². The summed E-state index contributed by atoms with van der Waals surface area (Å²) in [6, 6.07) is 1.15. The molecule has 2 saturated heterocycles. The molecule has 8 atom stereocenters. The molecule has 0 aromatic rings. The number of cyclic esters (lactones) is 1. The Hall–Kier alpha value is -0.830. The van der Waals surface area contributed by atoms with Crippen molar-refractivity contribution >= 4 is 5.97 Å². The number of allylic oxidation sites excluding steroid dienone is 1. The fraction of sp³-hybridized carbons (Fsp3) is 0.857. The van der Waals surface area contributed by atoms with Gasteiger partial charge in [0, 0.05) is 18.0 Å². The van der Waals surface area contributed by atoms with Crippen molar-refractivity contribution in [1.82, 2.24) is 5.32 Å². The topological polar surface area (TPSA) is 38.3 Å². The molecule has 1 N–H and O–H groups in total. The summed E-state index contributed by atoms with van der Waals surface area (Å²) in [4.78, 5) is 12.3. The normalized spacial score (nSPS) is 48.8. The largest absolute Gasteiger partial charge is 0.462 e. The van der Waals surface area contributed by atoms with Crippen LogP contribution >= 0.6 is 0 Å². The summed E-state index contributed by atoms with van der Waals surface area (Å²) in [6.45, 7) is 4.41. The van der Waals surface area contributed by atoms with Crippen LogP contribution in [-0.2, 0) is 9.53 Å². The lowest BCUT2D eigenvalue weighted by molar-refractivity contribution is -0.144. The second kappa shape index (κ2) is 6.82. The Morgan fingerprint density at radius 2 is 1.88 bits per heavy atom. The SMILES string of the molecule is C[C@@H]1OC(=O)[C@H]2C[C@H]3CCCC[C@@H]3[C@@H](/C=C/[C@H]3CCC[C@H](C)N3)[C@@H]12. The molecule has 0 radical (unpaired) electrons. The molecule has 2 aliphatic carbocycles. The molecule has 0 aromatic heterocycles. The highest BCUT2D eigenvalue weighted by Gasteiger charge is 2.53. The molecule has 0 unspecified atom stereocenters. The molecule has 4 fully saturated rings. The molecule has 3 heteroatoms. The standard InChI is InChI=1S/C21H33NO2/c1-13-6-5-8-16(22-13)10-11-18-17-9-4-3-7-15(17)12-19-20(18)14(2)24-21(19)23/h10-11,13-20,22H,3-9,12H2,1-2H3/b11-10+/t13-,14-,15+,16+,17-,18+,19-,20+/m0/s1. The molecular formula is C21H33NO2. The van der Waals surface area contributed by atoms with E-state index in [1.54, 1.807) is 0 Å². The van der Waals surface area contributed by atoms with E-state index in [2.05, 4.69) is 31.3 Å². The number of nitrogens with one attached hydrogen (secondary N) is 1. The van der Waals surface area contributed by atoms with Crippen LogP contribution in [0.25, 0.3) is 0 Å². The number of ether oxygens (including phenoxy) is 1. The first-order valence-corrected chi connectivity index (χ1v) is 10.3. The van der Waals surface area contributed by atoms with Gasteiger partial charge >= 0.3 is 5.97 Å². The van der Waals surface area contributed by atoms with Crippen LogP contribution < -0.4 is 5.32 Å². The van der Waals surface area contributed by atoms with Gasteiger partial charge in [-0.3, -0.25) is 4.79 Å². The Labute approximate surface area is 146 Å². The maximum atomic E-state index is 12.3. The predicted octanol–water partition coefficient (Wildman–Crippen LogP) is 4.08. The smallest absolute Gasteiger partial charge is 0.309 e. The van der Waals surface area contributed by atoms with Crippen molar-refractivity contribution < 1.29 is 9.53 Å². The summed E-state index contributed by atoms with van der Waals surface area (Å²) >= 11 is 0. The first kappa shape index (κ1) is 16.6. The second-order valence-corrected chi connectivity index (χ2v) is 8.84. The lowest BCUT2D eigenvalue weighted by atomic mass is 9.57. The van der Waals surface area contributed by atoms with Gasteiger partial charge in [0.25, 0.3) is 0 Å².